The van der Waals surface area contributed by atoms with Crippen LogP contribution in [0.1, 0.15) is 6.42 Å². The van der Waals surface area contributed by atoms with Crippen molar-refractivity contribution in [3.05, 3.63) is 0 Å². The first kappa shape index (κ1) is 12.6. The van der Waals surface area contributed by atoms with E-state index in [1.807, 2.05) is 0 Å². The lowest BCUT2D eigenvalue weighted by Gasteiger charge is -2.24. The molecule has 0 atom stereocenters. The maximum absolute atomic E-state index is 11.3. The fourth-order valence-electron chi connectivity index (χ4n) is 1.20. The number of carbonyl (C=O) groups is 3. The lowest BCUT2D eigenvalue weighted by Crippen LogP contribution is -2.53. The van der Waals surface area contributed by atoms with Crippen LogP contribution in [0.3, 0.4) is 0 Å². The Balaban J connectivity index is 2.27. The van der Waals surface area contributed by atoms with E-state index < -0.39 is 17.8 Å². The molecule has 1 heterocycles. The average Bonchev–Trinajstić information content (AvgIpc) is 2.20. The van der Waals surface area contributed by atoms with Gasteiger partial charge in [-0.3, -0.25) is 19.8 Å². The molecule has 1 aliphatic rings. The van der Waals surface area contributed by atoms with Gasteiger partial charge in [0.1, 0.15) is 6.42 Å². The van der Waals surface area contributed by atoms with Gasteiger partial charge in [-0.25, -0.2) is 4.79 Å². The SMILES string of the molecule is COCCOCCN1C(=O)CC(=O)NC1=O. The third-order valence-electron chi connectivity index (χ3n) is 2.00. The number of nitrogens with one attached hydrogen (secondary N) is 1. The van der Waals surface area contributed by atoms with E-state index in [4.69, 9.17) is 9.47 Å². The lowest BCUT2D eigenvalue weighted by atomic mass is 10.3. The van der Waals surface area contributed by atoms with Crippen LogP contribution in [0.2, 0.25) is 0 Å². The van der Waals surface area contributed by atoms with E-state index in [-0.39, 0.29) is 19.6 Å². The molecule has 1 rings (SSSR count). The number of urea groups is 1. The van der Waals surface area contributed by atoms with Crippen molar-refractivity contribution in [2.75, 3.05) is 33.5 Å². The zero-order valence-corrected chi connectivity index (χ0v) is 9.02. The number of amides is 4. The monoisotopic (exact) mass is 230 g/mol. The third kappa shape index (κ3) is 3.59. The lowest BCUT2D eigenvalue weighted by molar-refractivity contribution is -0.136. The minimum atomic E-state index is -0.684. The van der Waals surface area contributed by atoms with Gasteiger partial charge in [0.25, 0.3) is 0 Å². The fourth-order valence-corrected chi connectivity index (χ4v) is 1.20. The number of rotatable bonds is 6. The minimum Gasteiger partial charge on any atom is -0.382 e. The molecule has 0 unspecified atom stereocenters. The molecule has 4 amide bonds. The molecule has 1 saturated heterocycles. The normalized spacial score (nSPS) is 16.6. The zero-order chi connectivity index (χ0) is 12.0. The van der Waals surface area contributed by atoms with E-state index in [9.17, 15) is 14.4 Å². The maximum atomic E-state index is 11.3. The summed E-state index contributed by atoms with van der Waals surface area (Å²) in [5.74, 6) is -1.06. The highest BCUT2D eigenvalue weighted by molar-refractivity contribution is 6.14. The van der Waals surface area contributed by atoms with Crippen LogP contribution < -0.4 is 5.32 Å². The van der Waals surface area contributed by atoms with Crippen LogP contribution in [0.25, 0.3) is 0 Å². The number of nitrogens with zero attached hydrogens (tertiary/aromatic N) is 1. The van der Waals surface area contributed by atoms with Gasteiger partial charge in [-0.15, -0.1) is 0 Å². The second kappa shape index (κ2) is 6.19. The molecule has 0 saturated carbocycles. The van der Waals surface area contributed by atoms with Gasteiger partial charge in [-0.2, -0.15) is 0 Å². The van der Waals surface area contributed by atoms with Crippen molar-refractivity contribution in [1.29, 1.82) is 0 Å². The van der Waals surface area contributed by atoms with Crippen molar-refractivity contribution < 1.29 is 23.9 Å². The van der Waals surface area contributed by atoms with E-state index in [0.717, 1.165) is 4.90 Å². The molecule has 1 fully saturated rings. The molecule has 16 heavy (non-hydrogen) atoms. The summed E-state index contributed by atoms with van der Waals surface area (Å²) in [5, 5.41) is 2.06. The molecule has 0 aromatic carbocycles. The first-order valence-corrected chi connectivity index (χ1v) is 4.86. The Morgan fingerprint density at radius 2 is 2.00 bits per heavy atom. The standard InChI is InChI=1S/C9H14N2O5/c1-15-4-5-16-3-2-11-8(13)6-7(12)10-9(11)14/h2-6H2,1H3,(H,10,12,14). The van der Waals surface area contributed by atoms with Crippen LogP contribution in [0, 0.1) is 0 Å². The zero-order valence-electron chi connectivity index (χ0n) is 9.02. The number of imide groups is 2. The van der Waals surface area contributed by atoms with Gasteiger partial charge < -0.3 is 9.47 Å². The first-order valence-electron chi connectivity index (χ1n) is 4.86. The molecular weight excluding hydrogens is 216 g/mol. The molecule has 0 spiro atoms. The molecule has 0 radical (unpaired) electrons. The number of ether oxygens (including phenoxy) is 2. The fraction of sp³-hybridized carbons (Fsp3) is 0.667. The molecule has 0 aromatic rings. The van der Waals surface area contributed by atoms with Gasteiger partial charge in [0.05, 0.1) is 26.4 Å². The Morgan fingerprint density at radius 3 is 2.62 bits per heavy atom. The Labute approximate surface area is 92.7 Å². The number of barbiturate groups is 1. The van der Waals surface area contributed by atoms with Crippen molar-refractivity contribution in [3.8, 4) is 0 Å². The van der Waals surface area contributed by atoms with E-state index in [0.29, 0.717) is 13.2 Å². The summed E-state index contributed by atoms with van der Waals surface area (Å²) in [4.78, 5) is 34.3. The number of hydrogen-bond donors (Lipinski definition) is 1. The van der Waals surface area contributed by atoms with Crippen LogP contribution in [0.5, 0.6) is 0 Å². The molecule has 1 aliphatic heterocycles. The van der Waals surface area contributed by atoms with Crippen molar-refractivity contribution in [3.63, 3.8) is 0 Å². The smallest absolute Gasteiger partial charge is 0.330 e. The highest BCUT2D eigenvalue weighted by Gasteiger charge is 2.30. The van der Waals surface area contributed by atoms with E-state index in [1.165, 1.54) is 0 Å². The Hall–Kier alpha value is -1.47. The minimum absolute atomic E-state index is 0.141. The first-order chi connectivity index (χ1) is 7.65. The van der Waals surface area contributed by atoms with Gasteiger partial charge >= 0.3 is 6.03 Å². The second-order valence-corrected chi connectivity index (χ2v) is 3.18. The van der Waals surface area contributed by atoms with Gasteiger partial charge in [0.15, 0.2) is 0 Å². The Bertz CT molecular complexity index is 272. The molecule has 0 bridgehead atoms. The molecule has 1 N–H and O–H groups in total. The molecular formula is C9H14N2O5. The number of carbonyl (C=O) groups excluding carboxylic acids is 3. The topological polar surface area (TPSA) is 84.9 Å². The highest BCUT2D eigenvalue weighted by atomic mass is 16.5. The molecule has 0 aliphatic carbocycles. The maximum Gasteiger partial charge on any atom is 0.330 e. The number of hydrogen-bond acceptors (Lipinski definition) is 5. The quantitative estimate of drug-likeness (QED) is 0.473. The predicted molar refractivity (Wildman–Crippen MR) is 52.6 cm³/mol. The van der Waals surface area contributed by atoms with Crippen molar-refractivity contribution in [2.45, 2.75) is 6.42 Å². The number of methoxy groups -OCH3 is 1. The molecule has 7 nitrogen and oxygen atoms in total. The van der Waals surface area contributed by atoms with Crippen LogP contribution in [0.15, 0.2) is 0 Å². The van der Waals surface area contributed by atoms with Crippen molar-refractivity contribution >= 4 is 17.8 Å². The predicted octanol–water partition coefficient (Wildman–Crippen LogP) is -0.882. The van der Waals surface area contributed by atoms with Crippen LogP contribution in [-0.4, -0.2) is 56.2 Å². The largest absolute Gasteiger partial charge is 0.382 e. The van der Waals surface area contributed by atoms with Crippen molar-refractivity contribution in [1.82, 2.24) is 10.2 Å². The average molecular weight is 230 g/mol. The van der Waals surface area contributed by atoms with Crippen LogP contribution in [-0.2, 0) is 19.1 Å². The van der Waals surface area contributed by atoms with E-state index in [2.05, 4.69) is 5.32 Å². The molecule has 7 heteroatoms. The summed E-state index contributed by atoms with van der Waals surface area (Å²) in [6.45, 7) is 1.23. The summed E-state index contributed by atoms with van der Waals surface area (Å²) in [6, 6.07) is -0.684. The highest BCUT2D eigenvalue weighted by Crippen LogP contribution is 2.01. The second-order valence-electron chi connectivity index (χ2n) is 3.18. The van der Waals surface area contributed by atoms with Gasteiger partial charge in [-0.05, 0) is 0 Å². The summed E-state index contributed by atoms with van der Waals surface area (Å²) < 4.78 is 9.88. The summed E-state index contributed by atoms with van der Waals surface area (Å²) in [7, 11) is 1.55. The summed E-state index contributed by atoms with van der Waals surface area (Å²) >= 11 is 0. The third-order valence-corrected chi connectivity index (χ3v) is 2.00. The Kier molecular flexibility index (Phi) is 4.87. The van der Waals surface area contributed by atoms with Gasteiger partial charge in [0, 0.05) is 7.11 Å². The molecule has 90 valence electrons. The molecule has 0 aromatic heterocycles. The van der Waals surface area contributed by atoms with Gasteiger partial charge in [-0.1, -0.05) is 0 Å². The Morgan fingerprint density at radius 1 is 1.25 bits per heavy atom. The van der Waals surface area contributed by atoms with E-state index in [1.54, 1.807) is 7.11 Å². The van der Waals surface area contributed by atoms with Crippen molar-refractivity contribution in [2.24, 2.45) is 0 Å². The summed E-state index contributed by atoms with van der Waals surface area (Å²) in [5.41, 5.74) is 0. The van der Waals surface area contributed by atoms with Crippen LogP contribution in [0.4, 0.5) is 4.79 Å². The van der Waals surface area contributed by atoms with Gasteiger partial charge in [0.2, 0.25) is 11.8 Å². The summed E-state index contributed by atoms with van der Waals surface area (Å²) in [6.07, 6.45) is -0.288. The van der Waals surface area contributed by atoms with Crippen LogP contribution >= 0.6 is 0 Å². The van der Waals surface area contributed by atoms with E-state index >= 15 is 0 Å².